The zero-order valence-corrected chi connectivity index (χ0v) is 13.5. The Bertz CT molecular complexity index is 530. The molecule has 0 aliphatic rings. The lowest BCUT2D eigenvalue weighted by molar-refractivity contribution is -0.121. The number of amides is 1. The van der Waals surface area contributed by atoms with Crippen molar-refractivity contribution in [2.45, 2.75) is 52.6 Å². The third-order valence-corrected chi connectivity index (χ3v) is 3.39. The minimum Gasteiger partial charge on any atom is -0.371 e. The van der Waals surface area contributed by atoms with Crippen LogP contribution in [0.25, 0.3) is 0 Å². The fourth-order valence-electron chi connectivity index (χ4n) is 1.73. The second-order valence-electron chi connectivity index (χ2n) is 4.91. The summed E-state index contributed by atoms with van der Waals surface area (Å²) in [4.78, 5) is 23.8. The maximum absolute atomic E-state index is 12.0. The van der Waals surface area contributed by atoms with Crippen LogP contribution in [0.4, 0.5) is 5.69 Å². The van der Waals surface area contributed by atoms with Gasteiger partial charge in [-0.3, -0.25) is 9.59 Å². The Labute approximate surface area is 129 Å². The molecule has 0 aromatic carbocycles. The summed E-state index contributed by atoms with van der Waals surface area (Å²) >= 11 is 6.06. The first-order valence-electron chi connectivity index (χ1n) is 7.31. The first kappa shape index (κ1) is 17.5. The summed E-state index contributed by atoms with van der Waals surface area (Å²) in [7, 11) is 0. The van der Waals surface area contributed by atoms with Crippen LogP contribution >= 0.6 is 11.6 Å². The number of hydrogen-bond acceptors (Lipinski definition) is 4. The lowest BCUT2D eigenvalue weighted by Crippen LogP contribution is -2.38. The minimum absolute atomic E-state index is 0.0660. The number of carbonyl (C=O) groups excluding carboxylic acids is 1. The third-order valence-electron chi connectivity index (χ3n) is 3.02. The number of nitrogens with zero attached hydrogens (tertiary/aromatic N) is 2. The van der Waals surface area contributed by atoms with Gasteiger partial charge in [-0.1, -0.05) is 31.9 Å². The molecule has 21 heavy (non-hydrogen) atoms. The Kier molecular flexibility index (Phi) is 7.22. The van der Waals surface area contributed by atoms with Crippen LogP contribution in [0.15, 0.2) is 11.0 Å². The Hall–Kier alpha value is -1.56. The highest BCUT2D eigenvalue weighted by Gasteiger charge is 2.15. The van der Waals surface area contributed by atoms with Gasteiger partial charge in [-0.25, -0.2) is 4.68 Å². The smallest absolute Gasteiger partial charge is 0.287 e. The first-order chi connectivity index (χ1) is 10.0. The van der Waals surface area contributed by atoms with E-state index in [1.54, 1.807) is 6.92 Å². The van der Waals surface area contributed by atoms with E-state index in [-0.39, 0.29) is 16.5 Å². The molecule has 0 aliphatic carbocycles. The zero-order valence-electron chi connectivity index (χ0n) is 12.8. The Morgan fingerprint density at radius 2 is 2.14 bits per heavy atom. The Morgan fingerprint density at radius 1 is 1.43 bits per heavy atom. The van der Waals surface area contributed by atoms with Crippen molar-refractivity contribution < 1.29 is 4.79 Å². The number of halogens is 1. The molecule has 0 fully saturated rings. The van der Waals surface area contributed by atoms with Crippen molar-refractivity contribution in [1.29, 1.82) is 0 Å². The number of anilines is 1. The van der Waals surface area contributed by atoms with Crippen molar-refractivity contribution in [2.75, 3.05) is 11.9 Å². The van der Waals surface area contributed by atoms with Crippen LogP contribution in [0, 0.1) is 0 Å². The average Bonchev–Trinajstić information content (AvgIpc) is 2.48. The first-order valence-corrected chi connectivity index (χ1v) is 7.68. The zero-order chi connectivity index (χ0) is 15.8. The highest BCUT2D eigenvalue weighted by atomic mass is 35.5. The van der Waals surface area contributed by atoms with Crippen LogP contribution in [0.1, 0.15) is 40.0 Å². The van der Waals surface area contributed by atoms with Gasteiger partial charge >= 0.3 is 0 Å². The van der Waals surface area contributed by atoms with Crippen LogP contribution in [-0.2, 0) is 11.3 Å². The van der Waals surface area contributed by atoms with E-state index in [0.29, 0.717) is 18.8 Å². The van der Waals surface area contributed by atoms with Crippen molar-refractivity contribution >= 4 is 23.2 Å². The van der Waals surface area contributed by atoms with Crippen molar-refractivity contribution in [3.8, 4) is 0 Å². The number of aryl methyl sites for hydroxylation is 1. The maximum atomic E-state index is 12.0. The van der Waals surface area contributed by atoms with Gasteiger partial charge in [0.1, 0.15) is 11.1 Å². The number of unbranched alkanes of at least 4 members (excludes halogenated alkanes) is 1. The molecule has 0 saturated carbocycles. The molecule has 1 unspecified atom stereocenters. The van der Waals surface area contributed by atoms with E-state index in [1.165, 1.54) is 10.9 Å². The summed E-state index contributed by atoms with van der Waals surface area (Å²) < 4.78 is 1.35. The molecule has 0 aliphatic heterocycles. The third kappa shape index (κ3) is 5.04. The van der Waals surface area contributed by atoms with E-state index in [2.05, 4.69) is 15.7 Å². The van der Waals surface area contributed by atoms with E-state index in [9.17, 15) is 9.59 Å². The molecule has 1 heterocycles. The molecule has 7 heteroatoms. The molecule has 0 spiro atoms. The molecule has 1 atom stereocenters. The number of rotatable bonds is 8. The van der Waals surface area contributed by atoms with Gasteiger partial charge in [-0.15, -0.1) is 0 Å². The molecular weight excluding hydrogens is 292 g/mol. The van der Waals surface area contributed by atoms with Gasteiger partial charge in [0.15, 0.2) is 0 Å². The van der Waals surface area contributed by atoms with Crippen LogP contribution < -0.4 is 16.2 Å². The lowest BCUT2D eigenvalue weighted by atomic mass is 10.3. The van der Waals surface area contributed by atoms with E-state index < -0.39 is 6.04 Å². The number of hydrogen-bond donors (Lipinski definition) is 2. The van der Waals surface area contributed by atoms with Crippen LogP contribution in [0.2, 0.25) is 5.02 Å². The summed E-state index contributed by atoms with van der Waals surface area (Å²) in [6.07, 6.45) is 4.20. The standard InChI is InChI=1S/C14H23ClN4O2/c1-4-6-8-19-14(21)12(15)11(9-17-19)18-10(3)13(20)16-7-5-2/h9-10,18H,4-8H2,1-3H3,(H,16,20). The molecular formula is C14H23ClN4O2. The molecule has 6 nitrogen and oxygen atoms in total. The number of aromatic nitrogens is 2. The predicted molar refractivity (Wildman–Crippen MR) is 84.8 cm³/mol. The summed E-state index contributed by atoms with van der Waals surface area (Å²) in [5.74, 6) is -0.136. The summed E-state index contributed by atoms with van der Waals surface area (Å²) in [5.41, 5.74) is 0.0462. The van der Waals surface area contributed by atoms with Crippen LogP contribution in [0.5, 0.6) is 0 Å². The van der Waals surface area contributed by atoms with Crippen molar-refractivity contribution in [3.63, 3.8) is 0 Å². The lowest BCUT2D eigenvalue weighted by Gasteiger charge is -2.16. The molecule has 0 bridgehead atoms. The van der Waals surface area contributed by atoms with Gasteiger partial charge < -0.3 is 10.6 Å². The molecule has 1 amide bonds. The molecule has 1 aromatic rings. The monoisotopic (exact) mass is 314 g/mol. The van der Waals surface area contributed by atoms with Gasteiger partial charge in [0.25, 0.3) is 5.56 Å². The maximum Gasteiger partial charge on any atom is 0.287 e. The summed E-state index contributed by atoms with van der Waals surface area (Å²) in [6, 6.07) is -0.484. The normalized spacial score (nSPS) is 12.0. The highest BCUT2D eigenvalue weighted by Crippen LogP contribution is 2.16. The van der Waals surface area contributed by atoms with Gasteiger partial charge in [0.2, 0.25) is 5.91 Å². The van der Waals surface area contributed by atoms with E-state index in [0.717, 1.165) is 19.3 Å². The van der Waals surface area contributed by atoms with Crippen LogP contribution in [-0.4, -0.2) is 28.3 Å². The van der Waals surface area contributed by atoms with E-state index in [4.69, 9.17) is 11.6 Å². The quantitative estimate of drug-likeness (QED) is 0.769. The molecule has 118 valence electrons. The molecule has 0 radical (unpaired) electrons. The fourth-order valence-corrected chi connectivity index (χ4v) is 1.93. The van der Waals surface area contributed by atoms with Gasteiger partial charge in [-0.2, -0.15) is 5.10 Å². The molecule has 1 aromatic heterocycles. The predicted octanol–water partition coefficient (Wildman–Crippen LogP) is 2.02. The molecule has 0 saturated heterocycles. The van der Waals surface area contributed by atoms with E-state index in [1.807, 2.05) is 13.8 Å². The van der Waals surface area contributed by atoms with Gasteiger partial charge in [0.05, 0.1) is 11.9 Å². The summed E-state index contributed by atoms with van der Waals surface area (Å²) in [5, 5.41) is 9.84. The summed E-state index contributed by atoms with van der Waals surface area (Å²) in [6.45, 7) is 6.90. The Morgan fingerprint density at radius 3 is 2.76 bits per heavy atom. The second kappa shape index (κ2) is 8.67. The largest absolute Gasteiger partial charge is 0.371 e. The van der Waals surface area contributed by atoms with Crippen molar-refractivity contribution in [3.05, 3.63) is 21.6 Å². The van der Waals surface area contributed by atoms with Crippen molar-refractivity contribution in [2.24, 2.45) is 0 Å². The molecule has 2 N–H and O–H groups in total. The SMILES string of the molecule is CCCCn1ncc(NC(C)C(=O)NCCC)c(Cl)c1=O. The average molecular weight is 315 g/mol. The van der Waals surface area contributed by atoms with Crippen molar-refractivity contribution in [1.82, 2.24) is 15.1 Å². The highest BCUT2D eigenvalue weighted by molar-refractivity contribution is 6.33. The Balaban J connectivity index is 2.78. The second-order valence-corrected chi connectivity index (χ2v) is 5.29. The van der Waals surface area contributed by atoms with Crippen LogP contribution in [0.3, 0.4) is 0 Å². The van der Waals surface area contributed by atoms with E-state index >= 15 is 0 Å². The van der Waals surface area contributed by atoms with Gasteiger partial charge in [-0.05, 0) is 19.8 Å². The number of carbonyl (C=O) groups is 1. The van der Waals surface area contributed by atoms with Gasteiger partial charge in [0, 0.05) is 13.1 Å². The molecule has 1 rings (SSSR count). The topological polar surface area (TPSA) is 76.0 Å². The minimum atomic E-state index is -0.484. The number of nitrogens with one attached hydrogen (secondary N) is 2. The fraction of sp³-hybridized carbons (Fsp3) is 0.643.